The molecule has 0 heterocycles. The molecule has 0 aliphatic heterocycles. The van der Waals surface area contributed by atoms with E-state index in [4.69, 9.17) is 10.6 Å². The summed E-state index contributed by atoms with van der Waals surface area (Å²) in [6, 6.07) is 4.03. The van der Waals surface area contributed by atoms with E-state index in [1.807, 2.05) is 0 Å². The van der Waals surface area contributed by atoms with Crippen LogP contribution < -0.4 is 16.0 Å². The summed E-state index contributed by atoms with van der Waals surface area (Å²) in [5.41, 5.74) is 1.75. The number of hydrazine groups is 1. The van der Waals surface area contributed by atoms with Crippen molar-refractivity contribution in [3.8, 4) is 5.75 Å². The third kappa shape index (κ3) is 3.61. The van der Waals surface area contributed by atoms with Gasteiger partial charge in [-0.05, 0) is 19.9 Å². The Labute approximate surface area is 97.7 Å². The Morgan fingerprint density at radius 1 is 1.24 bits per heavy atom. The Morgan fingerprint density at radius 2 is 1.82 bits per heavy atom. The summed E-state index contributed by atoms with van der Waals surface area (Å²) in [6.45, 7) is 3.49. The quantitative estimate of drug-likeness (QED) is 0.636. The Bertz CT molecular complexity index is 366. The molecule has 0 saturated heterocycles. The molecule has 0 aliphatic carbocycles. The fourth-order valence-corrected chi connectivity index (χ4v) is 1.44. The summed E-state index contributed by atoms with van der Waals surface area (Å²) in [6.07, 6.45) is -4.67. The van der Waals surface area contributed by atoms with E-state index < -0.39 is 12.2 Å². The van der Waals surface area contributed by atoms with E-state index in [1.54, 1.807) is 25.3 Å². The number of para-hydroxylation sites is 1. The molecule has 3 nitrogen and oxygen atoms in total. The highest BCUT2D eigenvalue weighted by molar-refractivity contribution is 5.36. The van der Waals surface area contributed by atoms with E-state index in [9.17, 15) is 13.2 Å². The molecule has 1 rings (SSSR count). The first kappa shape index (κ1) is 13.8. The van der Waals surface area contributed by atoms with Crippen molar-refractivity contribution in [1.29, 1.82) is 0 Å². The summed E-state index contributed by atoms with van der Waals surface area (Å²) < 4.78 is 43.5. The van der Waals surface area contributed by atoms with Crippen molar-refractivity contribution in [3.05, 3.63) is 29.8 Å². The van der Waals surface area contributed by atoms with Crippen LogP contribution in [0.25, 0.3) is 0 Å². The second-order valence-corrected chi connectivity index (χ2v) is 3.85. The fourth-order valence-electron chi connectivity index (χ4n) is 1.44. The maximum absolute atomic E-state index is 12.7. The molecule has 0 fully saturated rings. The van der Waals surface area contributed by atoms with Crippen molar-refractivity contribution in [2.24, 2.45) is 5.84 Å². The molecule has 96 valence electrons. The molecule has 1 unspecified atom stereocenters. The van der Waals surface area contributed by atoms with Crippen LogP contribution in [-0.2, 0) is 0 Å². The van der Waals surface area contributed by atoms with Crippen LogP contribution in [0.2, 0.25) is 0 Å². The standard InChI is InChI=1S/C11H15F3N2O/c1-7(2)17-9-6-4-3-5-8(9)10(16-15)11(12,13)14/h3-7,10,16H,15H2,1-2H3. The van der Waals surface area contributed by atoms with Crippen molar-refractivity contribution < 1.29 is 17.9 Å². The second kappa shape index (κ2) is 5.37. The third-order valence-corrected chi connectivity index (χ3v) is 2.09. The molecule has 0 saturated carbocycles. The highest BCUT2D eigenvalue weighted by atomic mass is 19.4. The minimum absolute atomic E-state index is 0.0174. The van der Waals surface area contributed by atoms with Gasteiger partial charge in [0.25, 0.3) is 0 Å². The molecule has 3 N–H and O–H groups in total. The summed E-state index contributed by atoms with van der Waals surface area (Å²) in [5, 5.41) is 0. The Morgan fingerprint density at radius 3 is 2.29 bits per heavy atom. The molecule has 0 spiro atoms. The number of rotatable bonds is 4. The van der Waals surface area contributed by atoms with Crippen LogP contribution >= 0.6 is 0 Å². The van der Waals surface area contributed by atoms with Gasteiger partial charge in [0.2, 0.25) is 0 Å². The van der Waals surface area contributed by atoms with Gasteiger partial charge in [-0.25, -0.2) is 5.43 Å². The fraction of sp³-hybridized carbons (Fsp3) is 0.455. The number of nitrogens with two attached hydrogens (primary N) is 1. The van der Waals surface area contributed by atoms with E-state index in [0.29, 0.717) is 0 Å². The smallest absolute Gasteiger partial charge is 0.409 e. The molecule has 1 aromatic rings. The molecule has 0 aliphatic rings. The number of hydrogen-bond acceptors (Lipinski definition) is 3. The maximum atomic E-state index is 12.7. The number of hydrogen-bond donors (Lipinski definition) is 2. The molecule has 1 atom stereocenters. The van der Waals surface area contributed by atoms with Gasteiger partial charge in [-0.2, -0.15) is 13.2 Å². The zero-order chi connectivity index (χ0) is 13.1. The highest BCUT2D eigenvalue weighted by Crippen LogP contribution is 2.36. The van der Waals surface area contributed by atoms with E-state index in [2.05, 4.69) is 0 Å². The first-order valence-corrected chi connectivity index (χ1v) is 5.14. The highest BCUT2D eigenvalue weighted by Gasteiger charge is 2.41. The van der Waals surface area contributed by atoms with Gasteiger partial charge in [-0.15, -0.1) is 0 Å². The zero-order valence-electron chi connectivity index (χ0n) is 9.58. The van der Waals surface area contributed by atoms with Crippen molar-refractivity contribution >= 4 is 0 Å². The van der Waals surface area contributed by atoms with E-state index in [-0.39, 0.29) is 17.4 Å². The number of nitrogens with one attached hydrogen (secondary N) is 1. The normalized spacial score (nSPS) is 13.8. The molecule has 0 amide bonds. The van der Waals surface area contributed by atoms with Gasteiger partial charge in [0.05, 0.1) is 6.10 Å². The molecule has 0 bridgehead atoms. The van der Waals surface area contributed by atoms with Crippen molar-refractivity contribution in [1.82, 2.24) is 5.43 Å². The zero-order valence-corrected chi connectivity index (χ0v) is 9.58. The van der Waals surface area contributed by atoms with E-state index in [0.717, 1.165) is 0 Å². The van der Waals surface area contributed by atoms with Crippen LogP contribution in [0.15, 0.2) is 24.3 Å². The van der Waals surface area contributed by atoms with Crippen molar-refractivity contribution in [3.63, 3.8) is 0 Å². The summed E-state index contributed by atoms with van der Waals surface area (Å²) in [4.78, 5) is 0. The molecule has 1 aromatic carbocycles. The minimum atomic E-state index is -4.47. The predicted molar refractivity (Wildman–Crippen MR) is 58.3 cm³/mol. The van der Waals surface area contributed by atoms with Crippen molar-refractivity contribution in [2.45, 2.75) is 32.2 Å². The summed E-state index contributed by atoms with van der Waals surface area (Å²) in [7, 11) is 0. The predicted octanol–water partition coefficient (Wildman–Crippen LogP) is 2.54. The van der Waals surface area contributed by atoms with E-state index >= 15 is 0 Å². The first-order valence-electron chi connectivity index (χ1n) is 5.14. The summed E-state index contributed by atoms with van der Waals surface area (Å²) in [5.74, 6) is 5.15. The molecular weight excluding hydrogens is 233 g/mol. The van der Waals surface area contributed by atoms with E-state index in [1.165, 1.54) is 18.2 Å². The van der Waals surface area contributed by atoms with Crippen LogP contribution in [0.3, 0.4) is 0 Å². The van der Waals surface area contributed by atoms with Gasteiger partial charge < -0.3 is 4.74 Å². The second-order valence-electron chi connectivity index (χ2n) is 3.85. The largest absolute Gasteiger partial charge is 0.491 e. The molecular formula is C11H15F3N2O. The maximum Gasteiger partial charge on any atom is 0.409 e. The topological polar surface area (TPSA) is 47.3 Å². The van der Waals surface area contributed by atoms with Gasteiger partial charge in [-0.1, -0.05) is 18.2 Å². The lowest BCUT2D eigenvalue weighted by Crippen LogP contribution is -2.38. The van der Waals surface area contributed by atoms with Crippen LogP contribution in [0.4, 0.5) is 13.2 Å². The van der Waals surface area contributed by atoms with Crippen LogP contribution in [0.5, 0.6) is 5.75 Å². The van der Waals surface area contributed by atoms with Gasteiger partial charge in [0.1, 0.15) is 11.8 Å². The van der Waals surface area contributed by atoms with Crippen LogP contribution in [0.1, 0.15) is 25.5 Å². The number of alkyl halides is 3. The molecule has 0 radical (unpaired) electrons. The molecule has 6 heteroatoms. The lowest BCUT2D eigenvalue weighted by atomic mass is 10.1. The van der Waals surface area contributed by atoms with Gasteiger partial charge >= 0.3 is 6.18 Å². The van der Waals surface area contributed by atoms with Crippen LogP contribution in [0, 0.1) is 0 Å². The number of halogens is 3. The van der Waals surface area contributed by atoms with Crippen molar-refractivity contribution in [2.75, 3.05) is 0 Å². The van der Waals surface area contributed by atoms with Gasteiger partial charge in [0, 0.05) is 5.56 Å². The number of ether oxygens (including phenoxy) is 1. The third-order valence-electron chi connectivity index (χ3n) is 2.09. The average molecular weight is 248 g/mol. The molecule has 0 aromatic heterocycles. The first-order chi connectivity index (χ1) is 7.86. The van der Waals surface area contributed by atoms with Gasteiger partial charge in [0.15, 0.2) is 0 Å². The molecule has 17 heavy (non-hydrogen) atoms. The Kier molecular flexibility index (Phi) is 4.36. The number of benzene rings is 1. The van der Waals surface area contributed by atoms with Gasteiger partial charge in [-0.3, -0.25) is 5.84 Å². The monoisotopic (exact) mass is 248 g/mol. The van der Waals surface area contributed by atoms with Crippen LogP contribution in [-0.4, -0.2) is 12.3 Å². The minimum Gasteiger partial charge on any atom is -0.491 e. The lowest BCUT2D eigenvalue weighted by Gasteiger charge is -2.23. The average Bonchev–Trinajstić information content (AvgIpc) is 2.18. The Balaban J connectivity index is 3.10. The lowest BCUT2D eigenvalue weighted by molar-refractivity contribution is -0.158. The SMILES string of the molecule is CC(C)Oc1ccccc1C(NN)C(F)(F)F. The Hall–Kier alpha value is -1.27. The summed E-state index contributed by atoms with van der Waals surface area (Å²) >= 11 is 0.